The lowest BCUT2D eigenvalue weighted by molar-refractivity contribution is 0.340. The third-order valence-corrected chi connectivity index (χ3v) is 4.54. The minimum atomic E-state index is 0.559. The molecule has 0 radical (unpaired) electrons. The number of hydrogen-bond donors (Lipinski definition) is 2. The molecule has 1 unspecified atom stereocenters. The van der Waals surface area contributed by atoms with Crippen molar-refractivity contribution in [3.63, 3.8) is 0 Å². The third kappa shape index (κ3) is 6.24. The van der Waals surface area contributed by atoms with E-state index in [2.05, 4.69) is 52.2 Å². The molecule has 4 nitrogen and oxygen atoms in total. The summed E-state index contributed by atoms with van der Waals surface area (Å²) in [5, 5.41) is 8.89. The highest BCUT2D eigenvalue weighted by Gasteiger charge is 2.06. The van der Waals surface area contributed by atoms with Crippen LogP contribution in [0.3, 0.4) is 0 Å². The van der Waals surface area contributed by atoms with Crippen LogP contribution in [0, 0.1) is 5.92 Å². The molecule has 24 heavy (non-hydrogen) atoms. The van der Waals surface area contributed by atoms with E-state index in [1.807, 2.05) is 30.4 Å². The normalized spacial score (nSPS) is 12.7. The SMILES string of the molecule is CCOc1cccc(CNC(=NC)NCC(C)Cc2cccs2)c1. The Morgan fingerprint density at radius 1 is 1.25 bits per heavy atom. The zero-order valence-electron chi connectivity index (χ0n) is 14.7. The summed E-state index contributed by atoms with van der Waals surface area (Å²) in [7, 11) is 1.80. The average molecular weight is 346 g/mol. The molecule has 1 atom stereocenters. The van der Waals surface area contributed by atoms with Crippen LogP contribution in [0.25, 0.3) is 0 Å². The minimum absolute atomic E-state index is 0.559. The molecular weight excluding hydrogens is 318 g/mol. The van der Waals surface area contributed by atoms with Gasteiger partial charge in [-0.3, -0.25) is 4.99 Å². The molecule has 5 heteroatoms. The zero-order chi connectivity index (χ0) is 17.2. The van der Waals surface area contributed by atoms with Crippen LogP contribution < -0.4 is 15.4 Å². The van der Waals surface area contributed by atoms with E-state index in [1.165, 1.54) is 10.4 Å². The fourth-order valence-electron chi connectivity index (χ4n) is 2.43. The molecular formula is C19H27N3OS. The van der Waals surface area contributed by atoms with Gasteiger partial charge in [-0.15, -0.1) is 11.3 Å². The van der Waals surface area contributed by atoms with Gasteiger partial charge in [0.05, 0.1) is 6.61 Å². The molecule has 1 aromatic carbocycles. The van der Waals surface area contributed by atoms with Gasteiger partial charge in [-0.1, -0.05) is 25.1 Å². The lowest BCUT2D eigenvalue weighted by atomic mass is 10.1. The van der Waals surface area contributed by atoms with Crippen molar-refractivity contribution in [2.24, 2.45) is 10.9 Å². The monoisotopic (exact) mass is 345 g/mol. The summed E-state index contributed by atoms with van der Waals surface area (Å²) in [6, 6.07) is 12.4. The van der Waals surface area contributed by atoms with Crippen molar-refractivity contribution in [3.05, 3.63) is 52.2 Å². The minimum Gasteiger partial charge on any atom is -0.494 e. The molecule has 0 amide bonds. The first-order valence-electron chi connectivity index (χ1n) is 8.40. The lowest BCUT2D eigenvalue weighted by Gasteiger charge is -2.16. The Kier molecular flexibility index (Phi) is 7.62. The first-order chi connectivity index (χ1) is 11.7. The molecule has 130 valence electrons. The summed E-state index contributed by atoms with van der Waals surface area (Å²) in [6.45, 7) is 6.55. The Morgan fingerprint density at radius 3 is 2.83 bits per heavy atom. The van der Waals surface area contributed by atoms with E-state index in [0.29, 0.717) is 12.5 Å². The van der Waals surface area contributed by atoms with Gasteiger partial charge in [0.25, 0.3) is 0 Å². The number of benzene rings is 1. The maximum atomic E-state index is 5.54. The van der Waals surface area contributed by atoms with Gasteiger partial charge in [-0.25, -0.2) is 0 Å². The molecule has 2 aromatic rings. The highest BCUT2D eigenvalue weighted by Crippen LogP contribution is 2.14. The second-order valence-corrected chi connectivity index (χ2v) is 6.81. The van der Waals surface area contributed by atoms with E-state index in [-0.39, 0.29) is 0 Å². The topological polar surface area (TPSA) is 45.6 Å². The van der Waals surface area contributed by atoms with Crippen molar-refractivity contribution in [2.75, 3.05) is 20.2 Å². The fourth-order valence-corrected chi connectivity index (χ4v) is 3.30. The van der Waals surface area contributed by atoms with Gasteiger partial charge in [0.1, 0.15) is 5.75 Å². The van der Waals surface area contributed by atoms with Gasteiger partial charge in [0, 0.05) is 25.0 Å². The summed E-state index contributed by atoms with van der Waals surface area (Å²) in [5.74, 6) is 2.29. The molecule has 0 aliphatic carbocycles. The molecule has 1 aromatic heterocycles. The fraction of sp³-hybridized carbons (Fsp3) is 0.421. The van der Waals surface area contributed by atoms with E-state index in [1.54, 1.807) is 7.05 Å². The van der Waals surface area contributed by atoms with Crippen LogP contribution in [0.2, 0.25) is 0 Å². The number of aliphatic imine (C=N–C) groups is 1. The maximum Gasteiger partial charge on any atom is 0.191 e. The molecule has 0 aliphatic heterocycles. The largest absolute Gasteiger partial charge is 0.494 e. The molecule has 0 fully saturated rings. The maximum absolute atomic E-state index is 5.54. The smallest absolute Gasteiger partial charge is 0.191 e. The highest BCUT2D eigenvalue weighted by molar-refractivity contribution is 7.09. The number of nitrogens with one attached hydrogen (secondary N) is 2. The Bertz CT molecular complexity index is 625. The highest BCUT2D eigenvalue weighted by atomic mass is 32.1. The number of thiophene rings is 1. The number of guanidine groups is 1. The Morgan fingerprint density at radius 2 is 2.12 bits per heavy atom. The number of rotatable bonds is 8. The summed E-state index contributed by atoms with van der Waals surface area (Å²) < 4.78 is 5.54. The predicted octanol–water partition coefficient (Wildman–Crippen LogP) is 3.69. The first kappa shape index (κ1) is 18.3. The Balaban J connectivity index is 1.76. The van der Waals surface area contributed by atoms with Crippen molar-refractivity contribution in [1.29, 1.82) is 0 Å². The number of ether oxygens (including phenoxy) is 1. The van der Waals surface area contributed by atoms with Crippen LogP contribution in [0.4, 0.5) is 0 Å². The molecule has 0 saturated carbocycles. The van der Waals surface area contributed by atoms with Crippen molar-refractivity contribution in [1.82, 2.24) is 10.6 Å². The van der Waals surface area contributed by atoms with Crippen LogP contribution in [0.1, 0.15) is 24.3 Å². The summed E-state index contributed by atoms with van der Waals surface area (Å²) >= 11 is 1.82. The molecule has 0 aliphatic rings. The summed E-state index contributed by atoms with van der Waals surface area (Å²) in [4.78, 5) is 5.73. The number of hydrogen-bond acceptors (Lipinski definition) is 3. The Labute approximate surface area is 149 Å². The molecule has 0 bridgehead atoms. The quantitative estimate of drug-likeness (QED) is 0.566. The van der Waals surface area contributed by atoms with Gasteiger partial charge >= 0.3 is 0 Å². The summed E-state index contributed by atoms with van der Waals surface area (Å²) in [5.41, 5.74) is 1.18. The van der Waals surface area contributed by atoms with Gasteiger partial charge in [0.15, 0.2) is 5.96 Å². The third-order valence-electron chi connectivity index (χ3n) is 3.64. The van der Waals surface area contributed by atoms with Crippen LogP contribution >= 0.6 is 11.3 Å². The second kappa shape index (κ2) is 9.98. The second-order valence-electron chi connectivity index (χ2n) is 5.78. The van der Waals surface area contributed by atoms with E-state index in [0.717, 1.165) is 31.2 Å². The molecule has 2 N–H and O–H groups in total. The van der Waals surface area contributed by atoms with Gasteiger partial charge < -0.3 is 15.4 Å². The predicted molar refractivity (Wildman–Crippen MR) is 103 cm³/mol. The average Bonchev–Trinajstić information content (AvgIpc) is 3.08. The van der Waals surface area contributed by atoms with Gasteiger partial charge in [0.2, 0.25) is 0 Å². The molecule has 0 spiro atoms. The van der Waals surface area contributed by atoms with Gasteiger partial charge in [-0.2, -0.15) is 0 Å². The van der Waals surface area contributed by atoms with E-state index in [9.17, 15) is 0 Å². The van der Waals surface area contributed by atoms with E-state index in [4.69, 9.17) is 4.74 Å². The van der Waals surface area contributed by atoms with Crippen LogP contribution in [0.15, 0.2) is 46.8 Å². The van der Waals surface area contributed by atoms with Crippen molar-refractivity contribution in [3.8, 4) is 5.75 Å². The van der Waals surface area contributed by atoms with Crippen LogP contribution in [0.5, 0.6) is 5.75 Å². The van der Waals surface area contributed by atoms with Crippen molar-refractivity contribution < 1.29 is 4.74 Å². The molecule has 1 heterocycles. The summed E-state index contributed by atoms with van der Waals surface area (Å²) in [6.07, 6.45) is 1.10. The van der Waals surface area contributed by atoms with Crippen molar-refractivity contribution >= 4 is 17.3 Å². The lowest BCUT2D eigenvalue weighted by Crippen LogP contribution is -2.39. The Hall–Kier alpha value is -2.01. The van der Waals surface area contributed by atoms with Crippen LogP contribution in [-0.4, -0.2) is 26.2 Å². The standard InChI is InChI=1S/C19H27N3OS/c1-4-23-17-8-5-7-16(12-17)14-22-19(20-3)21-13-15(2)11-18-9-6-10-24-18/h5-10,12,15H,4,11,13-14H2,1-3H3,(H2,20,21,22). The van der Waals surface area contributed by atoms with Gasteiger partial charge in [-0.05, 0) is 48.4 Å². The molecule has 2 rings (SSSR count). The number of nitrogens with zero attached hydrogens (tertiary/aromatic N) is 1. The van der Waals surface area contributed by atoms with E-state index >= 15 is 0 Å². The van der Waals surface area contributed by atoms with Crippen molar-refractivity contribution in [2.45, 2.75) is 26.8 Å². The molecule has 0 saturated heterocycles. The first-order valence-corrected chi connectivity index (χ1v) is 9.27. The van der Waals surface area contributed by atoms with E-state index < -0.39 is 0 Å². The van der Waals surface area contributed by atoms with Crippen LogP contribution in [-0.2, 0) is 13.0 Å². The zero-order valence-corrected chi connectivity index (χ0v) is 15.5.